The van der Waals surface area contributed by atoms with Gasteiger partial charge in [0.1, 0.15) is 0 Å². The summed E-state index contributed by atoms with van der Waals surface area (Å²) in [6.45, 7) is 0. The molecule has 0 fully saturated rings. The lowest BCUT2D eigenvalue weighted by molar-refractivity contribution is -0.111. The van der Waals surface area contributed by atoms with E-state index >= 15 is 0 Å². The van der Waals surface area contributed by atoms with Gasteiger partial charge in [-0.2, -0.15) is 4.39 Å². The molecule has 0 aromatic carbocycles. The van der Waals surface area contributed by atoms with Gasteiger partial charge in [-0.15, -0.1) is 5.17 Å². The van der Waals surface area contributed by atoms with Crippen LogP contribution in [0, 0.1) is 0 Å². The van der Waals surface area contributed by atoms with Gasteiger partial charge in [0.05, 0.1) is 0 Å². The summed E-state index contributed by atoms with van der Waals surface area (Å²) in [7, 11) is 0. The number of allylic oxidation sites excluding steroid dienone is 2. The summed E-state index contributed by atoms with van der Waals surface area (Å²) in [6, 6.07) is 0. The number of hydrogen-bond acceptors (Lipinski definition) is 3. The van der Waals surface area contributed by atoms with E-state index in [1.807, 2.05) is 0 Å². The third-order valence-corrected chi connectivity index (χ3v) is 0.729. The average molecular weight is 116 g/mol. The summed E-state index contributed by atoms with van der Waals surface area (Å²) in [4.78, 5) is 0. The van der Waals surface area contributed by atoms with Crippen LogP contribution >= 0.6 is 0 Å². The van der Waals surface area contributed by atoms with Crippen molar-refractivity contribution in [3.63, 3.8) is 0 Å². The molecule has 4 heteroatoms. The molecular formula is C4H5FN2O. The maximum absolute atomic E-state index is 12.0. The molecule has 1 aliphatic heterocycles. The molecule has 0 saturated carbocycles. The van der Waals surface area contributed by atoms with Crippen LogP contribution in [0.5, 0.6) is 0 Å². The van der Waals surface area contributed by atoms with Crippen molar-refractivity contribution < 1.29 is 9.60 Å². The van der Waals surface area contributed by atoms with Crippen molar-refractivity contribution in [3.05, 3.63) is 24.3 Å². The molecule has 8 heavy (non-hydrogen) atoms. The maximum Gasteiger partial charge on any atom is 0.235 e. The quantitative estimate of drug-likeness (QED) is 0.453. The van der Waals surface area contributed by atoms with E-state index in [1.165, 1.54) is 12.3 Å². The minimum absolute atomic E-state index is 0.292. The Morgan fingerprint density at radius 3 is 2.88 bits per heavy atom. The first-order valence-electron chi connectivity index (χ1n) is 2.08. The summed E-state index contributed by atoms with van der Waals surface area (Å²) in [5.41, 5.74) is 2.20. The predicted octanol–water partition coefficient (Wildman–Crippen LogP) is 0.520. The van der Waals surface area contributed by atoms with Crippen LogP contribution in [0.15, 0.2) is 24.3 Å². The van der Waals surface area contributed by atoms with Gasteiger partial charge in [0.2, 0.25) is 5.95 Å². The highest BCUT2D eigenvalue weighted by Gasteiger charge is 2.02. The van der Waals surface area contributed by atoms with Crippen LogP contribution in [-0.2, 0) is 0 Å². The molecule has 0 radical (unpaired) electrons. The zero-order valence-corrected chi connectivity index (χ0v) is 4.00. The zero-order valence-electron chi connectivity index (χ0n) is 4.00. The van der Waals surface area contributed by atoms with Gasteiger partial charge in [-0.1, -0.05) is 0 Å². The van der Waals surface area contributed by atoms with Crippen LogP contribution in [0.1, 0.15) is 0 Å². The molecule has 0 unspecified atom stereocenters. The Morgan fingerprint density at radius 2 is 2.50 bits per heavy atom. The van der Waals surface area contributed by atoms with Crippen LogP contribution in [0.2, 0.25) is 0 Å². The van der Waals surface area contributed by atoms with Crippen molar-refractivity contribution in [1.82, 2.24) is 10.6 Å². The molecule has 0 aromatic rings. The lowest BCUT2D eigenvalue weighted by atomic mass is 10.5. The van der Waals surface area contributed by atoms with Crippen LogP contribution in [0.4, 0.5) is 4.39 Å². The normalized spacial score (nSPS) is 17.8. The van der Waals surface area contributed by atoms with Crippen molar-refractivity contribution in [2.75, 3.05) is 0 Å². The second-order valence-corrected chi connectivity index (χ2v) is 1.29. The van der Waals surface area contributed by atoms with Gasteiger partial charge in [0, 0.05) is 6.20 Å². The monoisotopic (exact) mass is 116 g/mol. The van der Waals surface area contributed by atoms with Gasteiger partial charge in [-0.05, 0) is 12.2 Å². The predicted molar refractivity (Wildman–Crippen MR) is 25.1 cm³/mol. The van der Waals surface area contributed by atoms with Crippen molar-refractivity contribution in [3.8, 4) is 0 Å². The zero-order chi connectivity index (χ0) is 5.98. The largest absolute Gasteiger partial charge is 0.280 e. The summed E-state index contributed by atoms with van der Waals surface area (Å²) >= 11 is 0. The Bertz CT molecular complexity index is 143. The molecule has 1 aliphatic rings. The molecule has 0 aliphatic carbocycles. The number of hydroxylamine groups is 1. The lowest BCUT2D eigenvalue weighted by Gasteiger charge is -2.14. The summed E-state index contributed by atoms with van der Waals surface area (Å²) in [6.07, 6.45) is 3.99. The molecule has 0 amide bonds. The molecule has 0 aromatic heterocycles. The van der Waals surface area contributed by atoms with Crippen molar-refractivity contribution in [1.29, 1.82) is 0 Å². The fraction of sp³-hybridized carbons (Fsp3) is 0. The lowest BCUT2D eigenvalue weighted by Crippen LogP contribution is -2.29. The standard InChI is InChI=1S/C4H5FN2O/c5-4-2-1-3-6-7(4)8/h1-3,6,8H. The minimum Gasteiger partial charge on any atom is -0.280 e. The highest BCUT2D eigenvalue weighted by Crippen LogP contribution is 2.02. The molecule has 0 bridgehead atoms. The smallest absolute Gasteiger partial charge is 0.235 e. The van der Waals surface area contributed by atoms with Crippen molar-refractivity contribution in [2.45, 2.75) is 0 Å². The van der Waals surface area contributed by atoms with E-state index in [0.29, 0.717) is 5.17 Å². The van der Waals surface area contributed by atoms with E-state index in [-0.39, 0.29) is 0 Å². The number of hydrazine groups is 1. The molecule has 2 N–H and O–H groups in total. The first-order valence-corrected chi connectivity index (χ1v) is 2.08. The van der Waals surface area contributed by atoms with Crippen LogP contribution in [0.25, 0.3) is 0 Å². The Kier molecular flexibility index (Phi) is 1.17. The van der Waals surface area contributed by atoms with E-state index in [1.54, 1.807) is 0 Å². The summed E-state index contributed by atoms with van der Waals surface area (Å²) in [5.74, 6) is -0.715. The first kappa shape index (κ1) is 5.11. The topological polar surface area (TPSA) is 35.5 Å². The summed E-state index contributed by atoms with van der Waals surface area (Å²) < 4.78 is 12.0. The van der Waals surface area contributed by atoms with E-state index < -0.39 is 5.95 Å². The number of halogens is 1. The Hall–Kier alpha value is -1.03. The maximum atomic E-state index is 12.0. The molecule has 0 spiro atoms. The third-order valence-electron chi connectivity index (χ3n) is 0.729. The van der Waals surface area contributed by atoms with E-state index in [0.717, 1.165) is 6.08 Å². The average Bonchev–Trinajstić information content (AvgIpc) is 1.77. The number of hydrogen-bond donors (Lipinski definition) is 2. The molecule has 1 heterocycles. The SMILES string of the molecule is ON1NC=CC=C1F. The second kappa shape index (κ2) is 1.83. The minimum atomic E-state index is -0.715. The van der Waals surface area contributed by atoms with E-state index in [2.05, 4.69) is 5.43 Å². The number of rotatable bonds is 0. The number of nitrogens with one attached hydrogen (secondary N) is 1. The van der Waals surface area contributed by atoms with Gasteiger partial charge in [0.15, 0.2) is 0 Å². The second-order valence-electron chi connectivity index (χ2n) is 1.29. The summed E-state index contributed by atoms with van der Waals surface area (Å²) in [5, 5.41) is 8.70. The van der Waals surface area contributed by atoms with Crippen LogP contribution in [-0.4, -0.2) is 10.4 Å². The van der Waals surface area contributed by atoms with Gasteiger partial charge >= 0.3 is 0 Å². The van der Waals surface area contributed by atoms with Gasteiger partial charge in [-0.25, -0.2) is 0 Å². The first-order chi connectivity index (χ1) is 3.80. The molecule has 44 valence electrons. The van der Waals surface area contributed by atoms with Gasteiger partial charge in [0.25, 0.3) is 0 Å². The molecule has 3 nitrogen and oxygen atoms in total. The van der Waals surface area contributed by atoms with Crippen molar-refractivity contribution in [2.24, 2.45) is 0 Å². The molecular weight excluding hydrogens is 111 g/mol. The van der Waals surface area contributed by atoms with Gasteiger partial charge in [-0.3, -0.25) is 10.6 Å². The Balaban J connectivity index is 2.66. The van der Waals surface area contributed by atoms with Crippen LogP contribution in [0.3, 0.4) is 0 Å². The van der Waals surface area contributed by atoms with Gasteiger partial charge < -0.3 is 0 Å². The van der Waals surface area contributed by atoms with E-state index in [9.17, 15) is 4.39 Å². The number of nitrogens with zero attached hydrogens (tertiary/aromatic N) is 1. The fourth-order valence-electron chi connectivity index (χ4n) is 0.373. The Morgan fingerprint density at radius 1 is 1.75 bits per heavy atom. The van der Waals surface area contributed by atoms with Crippen LogP contribution < -0.4 is 5.43 Å². The van der Waals surface area contributed by atoms with Crippen molar-refractivity contribution >= 4 is 0 Å². The van der Waals surface area contributed by atoms with E-state index in [4.69, 9.17) is 5.21 Å². The highest BCUT2D eigenvalue weighted by molar-refractivity contribution is 5.07. The molecule has 0 saturated heterocycles. The highest BCUT2D eigenvalue weighted by atomic mass is 19.1. The molecule has 0 atom stereocenters. The third kappa shape index (κ3) is 0.788. The fourth-order valence-corrected chi connectivity index (χ4v) is 0.373. The Labute approximate surface area is 45.6 Å². The molecule has 1 rings (SSSR count).